The number of carboxylic acid groups (broad SMARTS) is 1. The van der Waals surface area contributed by atoms with Gasteiger partial charge in [0.15, 0.2) is 0 Å². The van der Waals surface area contributed by atoms with Crippen LogP contribution in [0.3, 0.4) is 0 Å². The van der Waals surface area contributed by atoms with Gasteiger partial charge < -0.3 is 20.5 Å². The van der Waals surface area contributed by atoms with Crippen molar-refractivity contribution in [2.45, 2.75) is 33.1 Å². The highest BCUT2D eigenvalue weighted by Gasteiger charge is 2.16. The molecule has 0 radical (unpaired) electrons. The molecule has 3 N–H and O–H groups in total. The number of carbonyl (C=O) groups is 4. The van der Waals surface area contributed by atoms with Crippen molar-refractivity contribution >= 4 is 35.1 Å². The number of hydrogen-bond donors (Lipinski definition) is 3. The number of rotatable bonds is 9. The van der Waals surface area contributed by atoms with Crippen molar-refractivity contribution in [3.63, 3.8) is 0 Å². The third-order valence-electron chi connectivity index (χ3n) is 4.22. The molecule has 0 aromatic heterocycles. The molecule has 0 aliphatic heterocycles. The van der Waals surface area contributed by atoms with E-state index in [1.54, 1.807) is 6.92 Å². The topological polar surface area (TPSA) is 122 Å². The molecule has 0 heterocycles. The molecule has 8 nitrogen and oxygen atoms in total. The normalized spacial score (nSPS) is 10.2. The van der Waals surface area contributed by atoms with Crippen LogP contribution in [0.25, 0.3) is 0 Å². The molecule has 0 saturated heterocycles. The zero-order valence-corrected chi connectivity index (χ0v) is 16.9. The third kappa shape index (κ3) is 6.16. The first-order valence-corrected chi connectivity index (χ1v) is 9.61. The number of ether oxygens (including phenoxy) is 1. The largest absolute Gasteiger partial charge is 0.478 e. The molecular weight excluding hydrogens is 388 g/mol. The van der Waals surface area contributed by atoms with Crippen molar-refractivity contribution in [1.29, 1.82) is 0 Å². The Morgan fingerprint density at radius 3 is 2.20 bits per heavy atom. The van der Waals surface area contributed by atoms with Crippen LogP contribution in [-0.2, 0) is 9.53 Å². The maximum Gasteiger partial charge on any atom is 0.338 e. The lowest BCUT2D eigenvalue weighted by Crippen LogP contribution is -2.16. The number of aromatic carboxylic acids is 1. The molecule has 0 saturated carbocycles. The van der Waals surface area contributed by atoms with Crippen molar-refractivity contribution in [2.24, 2.45) is 0 Å². The maximum absolute atomic E-state index is 12.6. The highest BCUT2D eigenvalue weighted by atomic mass is 16.5. The van der Waals surface area contributed by atoms with Gasteiger partial charge in [0.05, 0.1) is 23.4 Å². The van der Waals surface area contributed by atoms with Crippen LogP contribution >= 0.6 is 0 Å². The lowest BCUT2D eigenvalue weighted by Gasteiger charge is -2.12. The number of carboxylic acids is 1. The number of hydrogen-bond acceptors (Lipinski definition) is 5. The Balaban J connectivity index is 2.16. The molecule has 0 unspecified atom stereocenters. The molecule has 8 heteroatoms. The number of amides is 2. The SMILES string of the molecule is CCCCOC(=O)c1ccc(C(=O)Nc2cc(NC(=O)CC)ccc2C(=O)O)cc1. The number of anilines is 2. The summed E-state index contributed by atoms with van der Waals surface area (Å²) in [7, 11) is 0. The van der Waals surface area contributed by atoms with Crippen LogP contribution in [0.5, 0.6) is 0 Å². The summed E-state index contributed by atoms with van der Waals surface area (Å²) < 4.78 is 5.12. The van der Waals surface area contributed by atoms with E-state index in [2.05, 4.69) is 10.6 Å². The average Bonchev–Trinajstić information content (AvgIpc) is 2.73. The Morgan fingerprint density at radius 1 is 0.933 bits per heavy atom. The number of benzene rings is 2. The van der Waals surface area contributed by atoms with Gasteiger partial charge in [-0.1, -0.05) is 20.3 Å². The minimum absolute atomic E-state index is 0.0458. The van der Waals surface area contributed by atoms with Crippen molar-refractivity contribution in [3.05, 3.63) is 59.2 Å². The average molecular weight is 412 g/mol. The standard InChI is InChI=1S/C22H24N2O6/c1-3-5-12-30-22(29)15-8-6-14(7-9-15)20(26)24-18-13-16(23-19(25)4-2)10-11-17(18)21(27)28/h6-11,13H,3-5,12H2,1-2H3,(H,23,25)(H,24,26)(H,27,28). The lowest BCUT2D eigenvalue weighted by atomic mass is 10.1. The molecule has 2 amide bonds. The van der Waals surface area contributed by atoms with Gasteiger partial charge in [0.2, 0.25) is 5.91 Å². The van der Waals surface area contributed by atoms with Crippen LogP contribution in [-0.4, -0.2) is 35.5 Å². The van der Waals surface area contributed by atoms with Gasteiger partial charge in [-0.15, -0.1) is 0 Å². The first-order chi connectivity index (χ1) is 14.3. The van der Waals surface area contributed by atoms with Crippen LogP contribution in [0.1, 0.15) is 64.2 Å². The minimum atomic E-state index is -1.22. The summed E-state index contributed by atoms with van der Waals surface area (Å²) in [6.07, 6.45) is 1.94. The minimum Gasteiger partial charge on any atom is -0.478 e. The molecular formula is C22H24N2O6. The van der Waals surface area contributed by atoms with Gasteiger partial charge in [0, 0.05) is 17.7 Å². The summed E-state index contributed by atoms with van der Waals surface area (Å²) >= 11 is 0. The van der Waals surface area contributed by atoms with Crippen LogP contribution in [0.2, 0.25) is 0 Å². The van der Waals surface area contributed by atoms with Crippen LogP contribution in [0, 0.1) is 0 Å². The molecule has 0 atom stereocenters. The zero-order chi connectivity index (χ0) is 22.1. The first kappa shape index (κ1) is 22.6. The van der Waals surface area contributed by atoms with Crippen LogP contribution in [0.4, 0.5) is 11.4 Å². The van der Waals surface area contributed by atoms with Crippen molar-refractivity contribution in [2.75, 3.05) is 17.2 Å². The predicted molar refractivity (Wildman–Crippen MR) is 112 cm³/mol. The second kappa shape index (κ2) is 10.8. The van der Waals surface area contributed by atoms with E-state index >= 15 is 0 Å². The molecule has 2 aromatic carbocycles. The summed E-state index contributed by atoms with van der Waals surface area (Å²) in [4.78, 5) is 47.5. The predicted octanol–water partition coefficient (Wildman–Crippen LogP) is 3.94. The Hall–Kier alpha value is -3.68. The van der Waals surface area contributed by atoms with E-state index < -0.39 is 17.8 Å². The van der Waals surface area contributed by atoms with Crippen LogP contribution < -0.4 is 10.6 Å². The van der Waals surface area contributed by atoms with Crippen molar-refractivity contribution < 1.29 is 29.0 Å². The molecule has 0 spiro atoms. The van der Waals surface area contributed by atoms with E-state index in [-0.39, 0.29) is 29.1 Å². The van der Waals surface area contributed by atoms with E-state index in [0.29, 0.717) is 17.9 Å². The van der Waals surface area contributed by atoms with Gasteiger partial charge in [-0.25, -0.2) is 9.59 Å². The second-order valence-corrected chi connectivity index (χ2v) is 6.49. The lowest BCUT2D eigenvalue weighted by molar-refractivity contribution is -0.115. The molecule has 0 bridgehead atoms. The summed E-state index contributed by atoms with van der Waals surface area (Å²) in [5.41, 5.74) is 0.850. The number of nitrogens with one attached hydrogen (secondary N) is 2. The number of carbonyl (C=O) groups excluding carboxylic acids is 3. The molecule has 0 fully saturated rings. The van der Waals surface area contributed by atoms with E-state index in [1.165, 1.54) is 42.5 Å². The highest BCUT2D eigenvalue weighted by Crippen LogP contribution is 2.22. The van der Waals surface area contributed by atoms with Gasteiger partial charge in [-0.3, -0.25) is 9.59 Å². The molecule has 0 aliphatic rings. The van der Waals surface area contributed by atoms with Gasteiger partial charge in [-0.2, -0.15) is 0 Å². The quantitative estimate of drug-likeness (QED) is 0.424. The third-order valence-corrected chi connectivity index (χ3v) is 4.22. The first-order valence-electron chi connectivity index (χ1n) is 9.61. The zero-order valence-electron chi connectivity index (χ0n) is 16.9. The van der Waals surface area contributed by atoms with Gasteiger partial charge >= 0.3 is 11.9 Å². The Kier molecular flexibility index (Phi) is 8.10. The van der Waals surface area contributed by atoms with E-state index in [9.17, 15) is 24.3 Å². The van der Waals surface area contributed by atoms with Gasteiger partial charge in [0.1, 0.15) is 0 Å². The summed E-state index contributed by atoms with van der Waals surface area (Å²) in [6.45, 7) is 4.01. The fourth-order valence-electron chi connectivity index (χ4n) is 2.51. The fraction of sp³-hybridized carbons (Fsp3) is 0.273. The van der Waals surface area contributed by atoms with E-state index in [4.69, 9.17) is 4.74 Å². The van der Waals surface area contributed by atoms with E-state index in [0.717, 1.165) is 12.8 Å². The molecule has 0 aliphatic carbocycles. The Morgan fingerprint density at radius 2 is 1.60 bits per heavy atom. The van der Waals surface area contributed by atoms with Gasteiger partial charge in [-0.05, 0) is 48.9 Å². The summed E-state index contributed by atoms with van der Waals surface area (Å²) in [6, 6.07) is 9.99. The molecule has 158 valence electrons. The Bertz CT molecular complexity index is 937. The number of esters is 1. The maximum atomic E-state index is 12.6. The smallest absolute Gasteiger partial charge is 0.338 e. The van der Waals surface area contributed by atoms with Crippen molar-refractivity contribution in [1.82, 2.24) is 0 Å². The fourth-order valence-corrected chi connectivity index (χ4v) is 2.51. The second-order valence-electron chi connectivity index (χ2n) is 6.49. The highest BCUT2D eigenvalue weighted by molar-refractivity contribution is 6.08. The molecule has 2 aromatic rings. The Labute approximate surface area is 174 Å². The monoisotopic (exact) mass is 412 g/mol. The van der Waals surface area contributed by atoms with Crippen molar-refractivity contribution in [3.8, 4) is 0 Å². The molecule has 30 heavy (non-hydrogen) atoms. The van der Waals surface area contributed by atoms with Crippen LogP contribution in [0.15, 0.2) is 42.5 Å². The van der Waals surface area contributed by atoms with E-state index in [1.807, 2.05) is 6.92 Å². The van der Waals surface area contributed by atoms with Gasteiger partial charge in [0.25, 0.3) is 5.91 Å². The summed E-state index contributed by atoms with van der Waals surface area (Å²) in [5.74, 6) is -2.48. The summed E-state index contributed by atoms with van der Waals surface area (Å²) in [5, 5.41) is 14.5. The number of unbranched alkanes of at least 4 members (excludes halogenated alkanes) is 1. The molecule has 2 rings (SSSR count).